The van der Waals surface area contributed by atoms with Crippen molar-refractivity contribution in [1.29, 1.82) is 0 Å². The number of nitrogens with zero attached hydrogens (tertiary/aromatic N) is 1. The monoisotopic (exact) mass is 184 g/mol. The maximum Gasteiger partial charge on any atom is 0.0167 e. The second-order valence-electron chi connectivity index (χ2n) is 4.39. The van der Waals surface area contributed by atoms with E-state index in [1.54, 1.807) is 0 Å². The van der Waals surface area contributed by atoms with Crippen molar-refractivity contribution in [3.05, 3.63) is 0 Å². The van der Waals surface area contributed by atoms with Gasteiger partial charge in [0.05, 0.1) is 0 Å². The van der Waals surface area contributed by atoms with Gasteiger partial charge in [0.25, 0.3) is 0 Å². The molecule has 13 heavy (non-hydrogen) atoms. The lowest BCUT2D eigenvalue weighted by atomic mass is 10.1. The number of hydrogen-bond donors (Lipinski definition) is 1. The molecule has 2 unspecified atom stereocenters. The number of unbranched alkanes of at least 4 members (excludes halogenated alkanes) is 1. The largest absolute Gasteiger partial charge is 0.327 e. The summed E-state index contributed by atoms with van der Waals surface area (Å²) in [6, 6.07) is 1.17. The molecule has 0 aromatic heterocycles. The summed E-state index contributed by atoms with van der Waals surface area (Å²) in [5, 5.41) is 0. The van der Waals surface area contributed by atoms with E-state index in [1.165, 1.54) is 38.6 Å². The predicted molar refractivity (Wildman–Crippen MR) is 57.8 cm³/mol. The molecule has 2 atom stereocenters. The van der Waals surface area contributed by atoms with Crippen molar-refractivity contribution in [3.63, 3.8) is 0 Å². The van der Waals surface area contributed by atoms with Crippen LogP contribution < -0.4 is 5.73 Å². The first kappa shape index (κ1) is 11.0. The van der Waals surface area contributed by atoms with E-state index in [1.807, 2.05) is 0 Å². The molecule has 0 bridgehead atoms. The van der Waals surface area contributed by atoms with Crippen molar-refractivity contribution in [3.8, 4) is 0 Å². The molecular weight excluding hydrogens is 160 g/mol. The zero-order valence-corrected chi connectivity index (χ0v) is 9.13. The summed E-state index contributed by atoms with van der Waals surface area (Å²) in [7, 11) is 0. The van der Waals surface area contributed by atoms with E-state index in [4.69, 9.17) is 5.73 Å². The Labute approximate surface area is 82.5 Å². The normalized spacial score (nSPS) is 26.5. The Bertz CT molecular complexity index is 136. The van der Waals surface area contributed by atoms with E-state index < -0.39 is 0 Å². The third-order valence-electron chi connectivity index (χ3n) is 3.09. The summed E-state index contributed by atoms with van der Waals surface area (Å²) in [6.45, 7) is 6.92. The van der Waals surface area contributed by atoms with Crippen molar-refractivity contribution in [1.82, 2.24) is 4.90 Å². The summed E-state index contributed by atoms with van der Waals surface area (Å²) in [5.41, 5.74) is 6.06. The van der Waals surface area contributed by atoms with E-state index in [2.05, 4.69) is 18.7 Å². The Morgan fingerprint density at radius 3 is 2.85 bits per heavy atom. The topological polar surface area (TPSA) is 29.3 Å². The molecule has 1 aliphatic heterocycles. The molecule has 0 saturated carbocycles. The van der Waals surface area contributed by atoms with Crippen LogP contribution in [0.15, 0.2) is 0 Å². The predicted octanol–water partition coefficient (Wildman–Crippen LogP) is 1.99. The van der Waals surface area contributed by atoms with Crippen molar-refractivity contribution >= 4 is 0 Å². The molecule has 0 amide bonds. The van der Waals surface area contributed by atoms with Crippen molar-refractivity contribution in [2.24, 2.45) is 5.73 Å². The highest BCUT2D eigenvalue weighted by molar-refractivity contribution is 4.78. The molecule has 2 heteroatoms. The molecular formula is C11H24N2. The van der Waals surface area contributed by atoms with Crippen molar-refractivity contribution < 1.29 is 0 Å². The number of nitrogens with two attached hydrogens (primary N) is 1. The van der Waals surface area contributed by atoms with E-state index in [9.17, 15) is 0 Å². The third kappa shape index (κ3) is 3.65. The first-order chi connectivity index (χ1) is 6.24. The Hall–Kier alpha value is -0.0800. The van der Waals surface area contributed by atoms with Crippen LogP contribution in [0.2, 0.25) is 0 Å². The van der Waals surface area contributed by atoms with Gasteiger partial charge in [-0.15, -0.1) is 0 Å². The molecule has 0 aromatic carbocycles. The molecule has 1 rings (SSSR count). The second kappa shape index (κ2) is 5.61. The van der Waals surface area contributed by atoms with Gasteiger partial charge in [-0.05, 0) is 32.7 Å². The second-order valence-corrected chi connectivity index (χ2v) is 4.39. The number of likely N-dealkylation sites (tertiary alicyclic amines) is 1. The average molecular weight is 184 g/mol. The molecule has 1 fully saturated rings. The Kier molecular flexibility index (Phi) is 4.74. The Morgan fingerprint density at radius 1 is 1.54 bits per heavy atom. The maximum atomic E-state index is 6.06. The molecule has 1 saturated heterocycles. The first-order valence-corrected chi connectivity index (χ1v) is 5.73. The van der Waals surface area contributed by atoms with Crippen LogP contribution in [0.1, 0.15) is 46.0 Å². The average Bonchev–Trinajstić information content (AvgIpc) is 2.48. The summed E-state index contributed by atoms with van der Waals surface area (Å²) < 4.78 is 0. The SMILES string of the molecule is CCCCC(N)CN1CCCC1C. The Balaban J connectivity index is 2.15. The van der Waals surface area contributed by atoms with Gasteiger partial charge in [-0.2, -0.15) is 0 Å². The van der Waals surface area contributed by atoms with Gasteiger partial charge in [0.1, 0.15) is 0 Å². The molecule has 78 valence electrons. The summed E-state index contributed by atoms with van der Waals surface area (Å²) in [6.07, 6.45) is 6.47. The van der Waals surface area contributed by atoms with Crippen molar-refractivity contribution in [2.45, 2.75) is 58.0 Å². The molecule has 0 radical (unpaired) electrons. The lowest BCUT2D eigenvalue weighted by Gasteiger charge is -2.24. The first-order valence-electron chi connectivity index (χ1n) is 5.73. The van der Waals surface area contributed by atoms with Crippen LogP contribution in [0.4, 0.5) is 0 Å². The zero-order chi connectivity index (χ0) is 9.68. The van der Waals surface area contributed by atoms with E-state index in [-0.39, 0.29) is 0 Å². The molecule has 0 aliphatic carbocycles. The third-order valence-corrected chi connectivity index (χ3v) is 3.09. The fourth-order valence-corrected chi connectivity index (χ4v) is 2.12. The van der Waals surface area contributed by atoms with Crippen LogP contribution in [0.25, 0.3) is 0 Å². The number of rotatable bonds is 5. The Morgan fingerprint density at radius 2 is 2.31 bits per heavy atom. The van der Waals surface area contributed by atoms with Crippen LogP contribution >= 0.6 is 0 Å². The van der Waals surface area contributed by atoms with Gasteiger partial charge in [0.15, 0.2) is 0 Å². The van der Waals surface area contributed by atoms with Crippen LogP contribution in [0.5, 0.6) is 0 Å². The van der Waals surface area contributed by atoms with Crippen LogP contribution in [-0.4, -0.2) is 30.1 Å². The summed E-state index contributed by atoms with van der Waals surface area (Å²) in [4.78, 5) is 2.54. The minimum Gasteiger partial charge on any atom is -0.327 e. The summed E-state index contributed by atoms with van der Waals surface area (Å²) >= 11 is 0. The zero-order valence-electron chi connectivity index (χ0n) is 9.13. The van der Waals surface area contributed by atoms with Gasteiger partial charge in [-0.3, -0.25) is 4.90 Å². The molecule has 0 aromatic rings. The van der Waals surface area contributed by atoms with Gasteiger partial charge < -0.3 is 5.73 Å². The van der Waals surface area contributed by atoms with Gasteiger partial charge in [0, 0.05) is 18.6 Å². The van der Waals surface area contributed by atoms with E-state index in [0.717, 1.165) is 12.6 Å². The van der Waals surface area contributed by atoms with E-state index in [0.29, 0.717) is 6.04 Å². The molecule has 2 N–H and O–H groups in total. The lowest BCUT2D eigenvalue weighted by Crippen LogP contribution is -2.39. The van der Waals surface area contributed by atoms with Crippen LogP contribution in [0.3, 0.4) is 0 Å². The minimum atomic E-state index is 0.403. The summed E-state index contributed by atoms with van der Waals surface area (Å²) in [5.74, 6) is 0. The standard InChI is InChI=1S/C11H24N2/c1-3-4-7-11(12)9-13-8-5-6-10(13)2/h10-11H,3-9,12H2,1-2H3. The van der Waals surface area contributed by atoms with Gasteiger partial charge in [-0.1, -0.05) is 19.8 Å². The highest BCUT2D eigenvalue weighted by Crippen LogP contribution is 2.16. The number of hydrogen-bond acceptors (Lipinski definition) is 2. The van der Waals surface area contributed by atoms with E-state index >= 15 is 0 Å². The smallest absolute Gasteiger partial charge is 0.0167 e. The van der Waals surface area contributed by atoms with Crippen LogP contribution in [-0.2, 0) is 0 Å². The van der Waals surface area contributed by atoms with Gasteiger partial charge in [-0.25, -0.2) is 0 Å². The molecule has 1 aliphatic rings. The molecule has 2 nitrogen and oxygen atoms in total. The fourth-order valence-electron chi connectivity index (χ4n) is 2.12. The molecule has 0 spiro atoms. The van der Waals surface area contributed by atoms with Crippen LogP contribution in [0, 0.1) is 0 Å². The van der Waals surface area contributed by atoms with Gasteiger partial charge >= 0.3 is 0 Å². The maximum absolute atomic E-state index is 6.06. The highest BCUT2D eigenvalue weighted by atomic mass is 15.2. The highest BCUT2D eigenvalue weighted by Gasteiger charge is 2.21. The van der Waals surface area contributed by atoms with Gasteiger partial charge in [0.2, 0.25) is 0 Å². The fraction of sp³-hybridized carbons (Fsp3) is 1.00. The minimum absolute atomic E-state index is 0.403. The lowest BCUT2D eigenvalue weighted by molar-refractivity contribution is 0.246. The quantitative estimate of drug-likeness (QED) is 0.708. The molecule has 1 heterocycles. The van der Waals surface area contributed by atoms with Crippen molar-refractivity contribution in [2.75, 3.05) is 13.1 Å².